The van der Waals surface area contributed by atoms with Gasteiger partial charge < -0.3 is 5.32 Å². The number of unbranched alkanes of at least 4 members (excludes halogenated alkanes) is 3. The Balaban J connectivity index is 3.22. The molecule has 78 valence electrons. The molecule has 0 aliphatic carbocycles. The van der Waals surface area contributed by atoms with Crippen molar-refractivity contribution in [3.63, 3.8) is 0 Å². The molecule has 0 radical (unpaired) electrons. The molecule has 0 saturated heterocycles. The van der Waals surface area contributed by atoms with Crippen molar-refractivity contribution in [1.29, 1.82) is 0 Å². The summed E-state index contributed by atoms with van der Waals surface area (Å²) in [6, 6.07) is 0.534. The van der Waals surface area contributed by atoms with Crippen LogP contribution in [0.2, 0.25) is 0 Å². The molecule has 0 aliphatic rings. The van der Waals surface area contributed by atoms with Gasteiger partial charge in [0.05, 0.1) is 0 Å². The highest BCUT2D eigenvalue weighted by atomic mass is 14.9. The fraction of sp³-hybridized carbons (Fsp3) is 0.833. The minimum absolute atomic E-state index is 0.534. The maximum absolute atomic E-state index is 3.83. The highest BCUT2D eigenvalue weighted by Gasteiger charge is 1.99. The topological polar surface area (TPSA) is 12.0 Å². The standard InChI is InChI=1S/C12H25N/c1-4-7-8-9-11-13-12(6-3)10-5-2/h6,12-13H,3-5,7-11H2,1-2H3/t12-/m0/s1. The van der Waals surface area contributed by atoms with Crippen LogP contribution >= 0.6 is 0 Å². The van der Waals surface area contributed by atoms with Crippen molar-refractivity contribution >= 4 is 0 Å². The fourth-order valence-electron chi connectivity index (χ4n) is 1.45. The number of hydrogen-bond acceptors (Lipinski definition) is 1. The van der Waals surface area contributed by atoms with Gasteiger partial charge in [-0.3, -0.25) is 0 Å². The van der Waals surface area contributed by atoms with Gasteiger partial charge in [-0.2, -0.15) is 0 Å². The van der Waals surface area contributed by atoms with Crippen molar-refractivity contribution in [3.05, 3.63) is 12.7 Å². The second-order valence-corrected chi connectivity index (χ2v) is 3.65. The molecular weight excluding hydrogens is 158 g/mol. The van der Waals surface area contributed by atoms with E-state index in [1.807, 2.05) is 6.08 Å². The van der Waals surface area contributed by atoms with Crippen LogP contribution in [0.15, 0.2) is 12.7 Å². The zero-order chi connectivity index (χ0) is 9.94. The highest BCUT2D eigenvalue weighted by molar-refractivity contribution is 4.84. The summed E-state index contributed by atoms with van der Waals surface area (Å²) in [5.41, 5.74) is 0. The van der Waals surface area contributed by atoms with E-state index in [1.165, 1.54) is 38.5 Å². The summed E-state index contributed by atoms with van der Waals surface area (Å²) in [5, 5.41) is 3.51. The quantitative estimate of drug-likeness (QED) is 0.426. The lowest BCUT2D eigenvalue weighted by molar-refractivity contribution is 0.523. The fourth-order valence-corrected chi connectivity index (χ4v) is 1.45. The van der Waals surface area contributed by atoms with Crippen LogP contribution in [0.25, 0.3) is 0 Å². The SMILES string of the molecule is C=C[C@@H](CCC)NCCCCCC. The van der Waals surface area contributed by atoms with E-state index in [0.29, 0.717) is 6.04 Å². The molecule has 0 spiro atoms. The van der Waals surface area contributed by atoms with Crippen molar-refractivity contribution in [3.8, 4) is 0 Å². The molecule has 0 unspecified atom stereocenters. The van der Waals surface area contributed by atoms with Crippen molar-refractivity contribution < 1.29 is 0 Å². The molecule has 1 N–H and O–H groups in total. The zero-order valence-corrected chi connectivity index (χ0v) is 9.31. The van der Waals surface area contributed by atoms with Crippen molar-refractivity contribution in [2.24, 2.45) is 0 Å². The van der Waals surface area contributed by atoms with Crippen LogP contribution in [0.4, 0.5) is 0 Å². The van der Waals surface area contributed by atoms with E-state index >= 15 is 0 Å². The normalized spacial score (nSPS) is 12.8. The largest absolute Gasteiger partial charge is 0.311 e. The van der Waals surface area contributed by atoms with Gasteiger partial charge in [0.25, 0.3) is 0 Å². The Morgan fingerprint density at radius 1 is 1.15 bits per heavy atom. The second kappa shape index (κ2) is 9.79. The lowest BCUT2D eigenvalue weighted by Gasteiger charge is -2.13. The Morgan fingerprint density at radius 2 is 1.92 bits per heavy atom. The van der Waals surface area contributed by atoms with Crippen molar-refractivity contribution in [1.82, 2.24) is 5.32 Å². The van der Waals surface area contributed by atoms with Crippen LogP contribution in [0.3, 0.4) is 0 Å². The smallest absolute Gasteiger partial charge is 0.0247 e. The molecule has 0 bridgehead atoms. The molecule has 0 rings (SSSR count). The zero-order valence-electron chi connectivity index (χ0n) is 9.31. The molecule has 1 atom stereocenters. The van der Waals surface area contributed by atoms with Crippen LogP contribution in [0.1, 0.15) is 52.4 Å². The lowest BCUT2D eigenvalue weighted by atomic mass is 10.1. The Morgan fingerprint density at radius 3 is 2.46 bits per heavy atom. The average molecular weight is 183 g/mol. The molecule has 0 fully saturated rings. The van der Waals surface area contributed by atoms with Gasteiger partial charge in [-0.1, -0.05) is 45.6 Å². The lowest BCUT2D eigenvalue weighted by Crippen LogP contribution is -2.27. The minimum Gasteiger partial charge on any atom is -0.311 e. The third-order valence-corrected chi connectivity index (χ3v) is 2.32. The molecule has 0 aromatic carbocycles. The van der Waals surface area contributed by atoms with Crippen LogP contribution in [-0.2, 0) is 0 Å². The first kappa shape index (κ1) is 12.7. The van der Waals surface area contributed by atoms with E-state index in [-0.39, 0.29) is 0 Å². The van der Waals surface area contributed by atoms with Gasteiger partial charge in [0.2, 0.25) is 0 Å². The third-order valence-electron chi connectivity index (χ3n) is 2.32. The minimum atomic E-state index is 0.534. The van der Waals surface area contributed by atoms with E-state index in [2.05, 4.69) is 25.7 Å². The third kappa shape index (κ3) is 8.04. The summed E-state index contributed by atoms with van der Waals surface area (Å²) >= 11 is 0. The first-order chi connectivity index (χ1) is 6.35. The summed E-state index contributed by atoms with van der Waals surface area (Å²) in [4.78, 5) is 0. The summed E-state index contributed by atoms with van der Waals surface area (Å²) in [7, 11) is 0. The maximum atomic E-state index is 3.83. The molecule has 0 aromatic rings. The van der Waals surface area contributed by atoms with Gasteiger partial charge >= 0.3 is 0 Å². The van der Waals surface area contributed by atoms with Gasteiger partial charge in [-0.05, 0) is 19.4 Å². The second-order valence-electron chi connectivity index (χ2n) is 3.65. The van der Waals surface area contributed by atoms with Crippen LogP contribution in [-0.4, -0.2) is 12.6 Å². The van der Waals surface area contributed by atoms with Gasteiger partial charge in [0, 0.05) is 6.04 Å². The van der Waals surface area contributed by atoms with Gasteiger partial charge in [-0.15, -0.1) is 6.58 Å². The van der Waals surface area contributed by atoms with E-state index in [4.69, 9.17) is 0 Å². The van der Waals surface area contributed by atoms with Gasteiger partial charge in [0.15, 0.2) is 0 Å². The van der Waals surface area contributed by atoms with Gasteiger partial charge in [-0.25, -0.2) is 0 Å². The summed E-state index contributed by atoms with van der Waals surface area (Å²) in [6.45, 7) is 9.45. The average Bonchev–Trinajstić information content (AvgIpc) is 2.16. The predicted molar refractivity (Wildman–Crippen MR) is 61.0 cm³/mol. The Labute approximate surface area is 83.6 Å². The van der Waals surface area contributed by atoms with Crippen LogP contribution in [0.5, 0.6) is 0 Å². The van der Waals surface area contributed by atoms with Crippen LogP contribution < -0.4 is 5.32 Å². The highest BCUT2D eigenvalue weighted by Crippen LogP contribution is 2.00. The van der Waals surface area contributed by atoms with Crippen LogP contribution in [0, 0.1) is 0 Å². The number of nitrogens with one attached hydrogen (secondary N) is 1. The molecule has 0 saturated carbocycles. The molecule has 0 heterocycles. The molecule has 0 aliphatic heterocycles. The molecule has 1 nitrogen and oxygen atoms in total. The molecular formula is C12H25N. The monoisotopic (exact) mass is 183 g/mol. The van der Waals surface area contributed by atoms with E-state index < -0.39 is 0 Å². The molecule has 0 aromatic heterocycles. The predicted octanol–water partition coefficient (Wildman–Crippen LogP) is 3.51. The number of rotatable bonds is 9. The van der Waals surface area contributed by atoms with Crippen molar-refractivity contribution in [2.45, 2.75) is 58.4 Å². The first-order valence-electron chi connectivity index (χ1n) is 5.71. The van der Waals surface area contributed by atoms with E-state index in [1.54, 1.807) is 0 Å². The van der Waals surface area contributed by atoms with E-state index in [9.17, 15) is 0 Å². The van der Waals surface area contributed by atoms with E-state index in [0.717, 1.165) is 6.54 Å². The molecule has 13 heavy (non-hydrogen) atoms. The summed E-state index contributed by atoms with van der Waals surface area (Å²) in [6.07, 6.45) is 9.84. The Bertz CT molecular complexity index is 110. The summed E-state index contributed by atoms with van der Waals surface area (Å²) < 4.78 is 0. The van der Waals surface area contributed by atoms with Gasteiger partial charge in [0.1, 0.15) is 0 Å². The maximum Gasteiger partial charge on any atom is 0.0247 e. The molecule has 0 amide bonds. The Kier molecular flexibility index (Phi) is 9.56. The van der Waals surface area contributed by atoms with Crippen molar-refractivity contribution in [2.75, 3.05) is 6.54 Å². The molecule has 1 heteroatoms. The number of hydrogen-bond donors (Lipinski definition) is 1. The summed E-state index contributed by atoms with van der Waals surface area (Å²) in [5.74, 6) is 0. The first-order valence-corrected chi connectivity index (χ1v) is 5.71. The Hall–Kier alpha value is -0.300.